The molecule has 0 aromatic heterocycles. The standard InChI is InChI=1S/C4H8O.C2H4O2.BrH.2HI.Mg/c1-3-4(2)5;1-2(3)4;;;;/h3H2,1-2H3;1H3,(H,3,4);3*1H;/q;;;;;+2/p-2. The average Bonchev–Trinajstić information content (AvgIpc) is 1.65. The molecule has 0 radical (unpaired) electrons. The first-order valence-corrected chi connectivity index (χ1v) is 2.69. The number of carboxylic acid groups (broad SMARTS) is 1. The molecule has 0 spiro atoms. The zero-order valence-corrected chi connectivity index (χ0v) is 15.3. The van der Waals surface area contributed by atoms with E-state index in [2.05, 4.69) is 0 Å². The van der Waals surface area contributed by atoms with Gasteiger partial charge >= 0.3 is 23.1 Å². The molecule has 13 heavy (non-hydrogen) atoms. The Balaban J connectivity index is -0.0000000146. The largest absolute Gasteiger partial charge is 2.00 e. The van der Waals surface area contributed by atoms with Crippen LogP contribution in [-0.2, 0) is 9.59 Å². The summed E-state index contributed by atoms with van der Waals surface area (Å²) < 4.78 is 0. The first kappa shape index (κ1) is 36.4. The van der Waals surface area contributed by atoms with Gasteiger partial charge in [-0.05, 0) is 6.92 Å². The van der Waals surface area contributed by atoms with Crippen molar-refractivity contribution >= 4 is 51.8 Å². The van der Waals surface area contributed by atoms with E-state index < -0.39 is 5.97 Å². The van der Waals surface area contributed by atoms with E-state index in [0.717, 1.165) is 6.92 Å². The third kappa shape index (κ3) is 131. The van der Waals surface area contributed by atoms with Crippen LogP contribution < -0.4 is 48.0 Å². The molecule has 7 heteroatoms. The van der Waals surface area contributed by atoms with E-state index in [4.69, 9.17) is 9.90 Å². The van der Waals surface area contributed by atoms with E-state index in [1.807, 2.05) is 6.92 Å². The summed E-state index contributed by atoms with van der Waals surface area (Å²) in [6.07, 6.45) is 0.667. The molecule has 0 aromatic carbocycles. The number of hydrogen-bond donors (Lipinski definition) is 1. The van der Waals surface area contributed by atoms with Crippen LogP contribution in [0.3, 0.4) is 0 Å². The summed E-state index contributed by atoms with van der Waals surface area (Å²) in [7, 11) is 0. The van der Waals surface area contributed by atoms with Gasteiger partial charge in [0, 0.05) is 13.3 Å². The number of halogens is 3. The van der Waals surface area contributed by atoms with Crippen molar-refractivity contribution in [3.8, 4) is 0 Å². The fourth-order valence-corrected chi connectivity index (χ4v) is 0. The molecular formula is C6H13BrI2MgO3. The number of carboxylic acids is 1. The zero-order valence-electron chi connectivity index (χ0n) is 7.84. The van der Waals surface area contributed by atoms with E-state index in [1.54, 1.807) is 6.92 Å². The second kappa shape index (κ2) is 29.2. The molecule has 1 N–H and O–H groups in total. The van der Waals surface area contributed by atoms with Crippen molar-refractivity contribution in [2.24, 2.45) is 0 Å². The van der Waals surface area contributed by atoms with Gasteiger partial charge in [0.2, 0.25) is 0 Å². The van der Waals surface area contributed by atoms with Crippen molar-refractivity contribution < 1.29 is 62.6 Å². The van der Waals surface area contributed by atoms with Gasteiger partial charge in [-0.1, -0.05) is 6.92 Å². The molecule has 0 fully saturated rings. The van der Waals surface area contributed by atoms with Crippen LogP contribution in [0.5, 0.6) is 0 Å². The Labute approximate surface area is 140 Å². The maximum atomic E-state index is 9.81. The van der Waals surface area contributed by atoms with Crippen molar-refractivity contribution in [2.45, 2.75) is 27.2 Å². The Morgan fingerprint density at radius 1 is 1.15 bits per heavy atom. The van der Waals surface area contributed by atoms with Crippen LogP contribution >= 0.6 is 17.0 Å². The van der Waals surface area contributed by atoms with Gasteiger partial charge in [-0.3, -0.25) is 4.79 Å². The molecule has 78 valence electrons. The van der Waals surface area contributed by atoms with Crippen molar-refractivity contribution in [3.63, 3.8) is 0 Å². The summed E-state index contributed by atoms with van der Waals surface area (Å²) in [5.74, 6) is -0.579. The van der Waals surface area contributed by atoms with Crippen LogP contribution in [0.2, 0.25) is 0 Å². The summed E-state index contributed by atoms with van der Waals surface area (Å²) in [6.45, 7) is 4.52. The third-order valence-electron chi connectivity index (χ3n) is 0.498. The molecule has 0 amide bonds. The maximum absolute atomic E-state index is 9.81. The topological polar surface area (TPSA) is 54.4 Å². The van der Waals surface area contributed by atoms with Crippen LogP contribution in [0.25, 0.3) is 0 Å². The van der Waals surface area contributed by atoms with Crippen LogP contribution in [0.1, 0.15) is 27.2 Å². The number of carbonyl (C=O) groups excluding carboxylic acids is 1. The Kier molecular flexibility index (Phi) is 81.7. The minimum Gasteiger partial charge on any atom is -1.00 e. The van der Waals surface area contributed by atoms with E-state index in [9.17, 15) is 4.79 Å². The number of rotatable bonds is 1. The summed E-state index contributed by atoms with van der Waals surface area (Å²) in [4.78, 5) is 18.8. The Morgan fingerprint density at radius 3 is 1.23 bits per heavy atom. The molecule has 0 aliphatic rings. The molecule has 0 saturated heterocycles. The number of hydrogen-bond acceptors (Lipinski definition) is 2. The molecule has 0 rings (SSSR count). The van der Waals surface area contributed by atoms with Crippen LogP contribution in [0, 0.1) is 0 Å². The second-order valence-electron chi connectivity index (χ2n) is 1.57. The molecule has 3 nitrogen and oxygen atoms in total. The molecule has 0 aromatic rings. The van der Waals surface area contributed by atoms with E-state index in [1.165, 1.54) is 0 Å². The van der Waals surface area contributed by atoms with Crippen molar-refractivity contribution in [1.29, 1.82) is 0 Å². The normalized spacial score (nSPS) is 4.85. The van der Waals surface area contributed by atoms with Gasteiger partial charge in [0.05, 0.1) is 0 Å². The van der Waals surface area contributed by atoms with E-state index >= 15 is 0 Å². The number of Topliss-reactive ketones (excluding diaryl/α,β-unsaturated/α-hetero) is 1. The van der Waals surface area contributed by atoms with Crippen LogP contribution in [0.15, 0.2) is 0 Å². The second-order valence-corrected chi connectivity index (χ2v) is 1.57. The molecule has 0 aliphatic heterocycles. The summed E-state index contributed by atoms with van der Waals surface area (Å²) in [5.41, 5.74) is 0. The van der Waals surface area contributed by atoms with Crippen LogP contribution in [0.4, 0.5) is 0 Å². The minimum absolute atomic E-state index is 0. The Bertz CT molecular complexity index is 110. The SMILES string of the molecule is Br.CC(=O)O.CCC(C)=O.[I-].[I-].[Mg+2]. The molecule has 0 heterocycles. The predicted octanol–water partition coefficient (Wildman–Crippen LogP) is -4.72. The summed E-state index contributed by atoms with van der Waals surface area (Å²) >= 11 is 0. The van der Waals surface area contributed by atoms with Crippen molar-refractivity contribution in [2.75, 3.05) is 0 Å². The molecular weight excluding hydrogens is 478 g/mol. The van der Waals surface area contributed by atoms with E-state index in [0.29, 0.717) is 6.42 Å². The predicted molar refractivity (Wildman–Crippen MR) is 50.4 cm³/mol. The van der Waals surface area contributed by atoms with Gasteiger partial charge in [0.25, 0.3) is 5.97 Å². The minimum atomic E-state index is -0.833. The Morgan fingerprint density at radius 2 is 1.23 bits per heavy atom. The summed E-state index contributed by atoms with van der Waals surface area (Å²) in [6, 6.07) is 0. The Hall–Kier alpha value is 1.85. The maximum Gasteiger partial charge on any atom is 2.00 e. The smallest absolute Gasteiger partial charge is 1.00 e. The van der Waals surface area contributed by atoms with Gasteiger partial charge in [0.15, 0.2) is 0 Å². The fourth-order valence-electron chi connectivity index (χ4n) is 0. The number of aliphatic carboxylic acids is 1. The first-order valence-electron chi connectivity index (χ1n) is 2.69. The van der Waals surface area contributed by atoms with Gasteiger partial charge in [-0.25, -0.2) is 0 Å². The van der Waals surface area contributed by atoms with Gasteiger partial charge < -0.3 is 57.9 Å². The average molecular weight is 491 g/mol. The fraction of sp³-hybridized carbons (Fsp3) is 0.667. The van der Waals surface area contributed by atoms with Crippen LogP contribution in [-0.4, -0.2) is 39.9 Å². The molecule has 0 bridgehead atoms. The number of carbonyl (C=O) groups is 2. The third-order valence-corrected chi connectivity index (χ3v) is 0.498. The van der Waals surface area contributed by atoms with Gasteiger partial charge in [-0.15, -0.1) is 17.0 Å². The van der Waals surface area contributed by atoms with Gasteiger partial charge in [0.1, 0.15) is 5.78 Å². The monoisotopic (exact) mass is 490 g/mol. The molecule has 0 aliphatic carbocycles. The molecule has 0 saturated carbocycles. The molecule has 0 atom stereocenters. The van der Waals surface area contributed by atoms with E-state index in [-0.39, 0.29) is 93.8 Å². The zero-order chi connectivity index (χ0) is 7.86. The molecule has 0 unspecified atom stereocenters. The number of ketones is 1. The first-order chi connectivity index (χ1) is 4.00. The van der Waals surface area contributed by atoms with Crippen molar-refractivity contribution in [1.82, 2.24) is 0 Å². The summed E-state index contributed by atoms with van der Waals surface area (Å²) in [5, 5.41) is 7.42. The quantitative estimate of drug-likeness (QED) is 0.297. The van der Waals surface area contributed by atoms with Gasteiger partial charge in [-0.2, -0.15) is 0 Å². The van der Waals surface area contributed by atoms with Crippen molar-refractivity contribution in [3.05, 3.63) is 0 Å².